The normalized spacial score (nSPS) is 18.0. The van der Waals surface area contributed by atoms with Gasteiger partial charge in [-0.1, -0.05) is 17.7 Å². The van der Waals surface area contributed by atoms with Crippen molar-refractivity contribution in [3.63, 3.8) is 0 Å². The minimum absolute atomic E-state index is 0.109. The SMILES string of the molecule is CNC(=O)c1c2cc(C3CC3)c(N(CCC3CCO3)S(C)(=O)=O)cc2nn1-c1ccc(C)cc1. The van der Waals surface area contributed by atoms with Crippen LogP contribution in [0.15, 0.2) is 36.4 Å². The molecule has 0 bridgehead atoms. The molecule has 2 aromatic carbocycles. The number of hydrogen-bond acceptors (Lipinski definition) is 5. The van der Waals surface area contributed by atoms with E-state index in [0.717, 1.165) is 48.1 Å². The molecule has 2 heterocycles. The lowest BCUT2D eigenvalue weighted by Crippen LogP contribution is -2.36. The monoisotopic (exact) mass is 482 g/mol. The number of anilines is 1. The molecule has 5 rings (SSSR count). The van der Waals surface area contributed by atoms with Gasteiger partial charge in [-0.25, -0.2) is 13.1 Å². The van der Waals surface area contributed by atoms with Crippen LogP contribution >= 0.6 is 0 Å². The van der Waals surface area contributed by atoms with Crippen molar-refractivity contribution in [2.24, 2.45) is 0 Å². The van der Waals surface area contributed by atoms with Crippen molar-refractivity contribution in [2.45, 2.75) is 44.6 Å². The van der Waals surface area contributed by atoms with Gasteiger partial charge in [0.2, 0.25) is 10.0 Å². The average Bonchev–Trinajstić information content (AvgIpc) is 3.54. The fourth-order valence-corrected chi connectivity index (χ4v) is 5.48. The highest BCUT2D eigenvalue weighted by molar-refractivity contribution is 7.92. The first kappa shape index (κ1) is 22.9. The number of fused-ring (bicyclic) bond motifs is 1. The Morgan fingerprint density at radius 1 is 1.21 bits per heavy atom. The molecule has 9 heteroatoms. The Morgan fingerprint density at radius 3 is 2.47 bits per heavy atom. The largest absolute Gasteiger partial charge is 0.378 e. The van der Waals surface area contributed by atoms with Crippen molar-refractivity contribution < 1.29 is 17.9 Å². The Kier molecular flexibility index (Phi) is 5.85. The van der Waals surface area contributed by atoms with E-state index >= 15 is 0 Å². The summed E-state index contributed by atoms with van der Waals surface area (Å²) in [5.74, 6) is 0.0449. The third-order valence-corrected chi connectivity index (χ3v) is 7.85. The predicted molar refractivity (Wildman–Crippen MR) is 132 cm³/mol. The molecule has 1 N–H and O–H groups in total. The summed E-state index contributed by atoms with van der Waals surface area (Å²) in [4.78, 5) is 12.9. The topological polar surface area (TPSA) is 93.5 Å². The molecule has 2 aliphatic rings. The quantitative estimate of drug-likeness (QED) is 0.530. The van der Waals surface area contributed by atoms with E-state index in [1.54, 1.807) is 11.7 Å². The first-order valence-electron chi connectivity index (χ1n) is 11.7. The molecule has 1 aliphatic carbocycles. The van der Waals surface area contributed by atoms with Crippen LogP contribution in [-0.2, 0) is 14.8 Å². The summed E-state index contributed by atoms with van der Waals surface area (Å²) in [7, 11) is -1.91. The van der Waals surface area contributed by atoms with Gasteiger partial charge in [-0.3, -0.25) is 9.10 Å². The molecule has 1 unspecified atom stereocenters. The van der Waals surface area contributed by atoms with E-state index in [0.29, 0.717) is 29.9 Å². The van der Waals surface area contributed by atoms with E-state index in [9.17, 15) is 13.2 Å². The van der Waals surface area contributed by atoms with E-state index in [2.05, 4.69) is 5.32 Å². The lowest BCUT2D eigenvalue weighted by atomic mass is 10.0. The molecule has 180 valence electrons. The van der Waals surface area contributed by atoms with Crippen LogP contribution < -0.4 is 9.62 Å². The number of benzene rings is 2. The van der Waals surface area contributed by atoms with E-state index in [1.807, 2.05) is 43.3 Å². The third kappa shape index (κ3) is 4.30. The van der Waals surface area contributed by atoms with Gasteiger partial charge in [0.05, 0.1) is 29.3 Å². The number of aryl methyl sites for hydroxylation is 1. The van der Waals surface area contributed by atoms with E-state index in [4.69, 9.17) is 9.84 Å². The van der Waals surface area contributed by atoms with E-state index in [-0.39, 0.29) is 17.9 Å². The summed E-state index contributed by atoms with van der Waals surface area (Å²) in [6.07, 6.45) is 4.97. The first-order valence-corrected chi connectivity index (χ1v) is 13.6. The highest BCUT2D eigenvalue weighted by Gasteiger charge is 2.33. The molecule has 34 heavy (non-hydrogen) atoms. The molecular weight excluding hydrogens is 452 g/mol. The number of hydrogen-bond donors (Lipinski definition) is 1. The van der Waals surface area contributed by atoms with Crippen molar-refractivity contribution >= 4 is 32.5 Å². The number of aromatic nitrogens is 2. The molecule has 0 radical (unpaired) electrons. The summed E-state index contributed by atoms with van der Waals surface area (Å²) >= 11 is 0. The average molecular weight is 483 g/mol. The van der Waals surface area contributed by atoms with Crippen LogP contribution in [0.1, 0.15) is 53.2 Å². The second-order valence-corrected chi connectivity index (χ2v) is 11.2. The molecular formula is C25H30N4O4S. The second kappa shape index (κ2) is 8.70. The number of nitrogens with one attached hydrogen (secondary N) is 1. The van der Waals surface area contributed by atoms with Gasteiger partial charge in [0.1, 0.15) is 5.69 Å². The van der Waals surface area contributed by atoms with Crippen LogP contribution in [0.25, 0.3) is 16.6 Å². The van der Waals surface area contributed by atoms with Crippen molar-refractivity contribution in [3.05, 3.63) is 53.2 Å². The van der Waals surface area contributed by atoms with Crippen LogP contribution in [-0.4, -0.2) is 56.7 Å². The van der Waals surface area contributed by atoms with Gasteiger partial charge in [-0.05, 0) is 68.4 Å². The zero-order chi connectivity index (χ0) is 24.0. The highest BCUT2D eigenvalue weighted by Crippen LogP contribution is 2.46. The standard InChI is InChI=1S/C25H30N4O4S/c1-16-4-8-18(9-5-16)29-24(25(30)26-2)21-14-20(17-6-7-17)23(15-22(21)27-29)28(34(3,31)32)12-10-19-11-13-33-19/h4-5,8-9,14-15,17,19H,6-7,10-13H2,1-3H3,(H,26,30). The number of carbonyl (C=O) groups is 1. The van der Waals surface area contributed by atoms with Crippen LogP contribution in [0.3, 0.4) is 0 Å². The summed E-state index contributed by atoms with van der Waals surface area (Å²) in [6.45, 7) is 3.10. The van der Waals surface area contributed by atoms with Gasteiger partial charge in [-0.15, -0.1) is 0 Å². The smallest absolute Gasteiger partial charge is 0.270 e. The van der Waals surface area contributed by atoms with Crippen LogP contribution in [0, 0.1) is 6.92 Å². The lowest BCUT2D eigenvalue weighted by molar-refractivity contribution is -0.0527. The fraction of sp³-hybridized carbons (Fsp3) is 0.440. The molecule has 2 fully saturated rings. The molecule has 1 saturated heterocycles. The highest BCUT2D eigenvalue weighted by atomic mass is 32.2. The van der Waals surface area contributed by atoms with Gasteiger partial charge in [0, 0.05) is 25.6 Å². The first-order chi connectivity index (χ1) is 16.3. The predicted octanol–water partition coefficient (Wildman–Crippen LogP) is 3.52. The van der Waals surface area contributed by atoms with Crippen molar-refractivity contribution in [3.8, 4) is 5.69 Å². The number of amides is 1. The second-order valence-electron chi connectivity index (χ2n) is 9.28. The Hall–Kier alpha value is -2.91. The van der Waals surface area contributed by atoms with Crippen molar-refractivity contribution in [2.75, 3.05) is 30.8 Å². The zero-order valence-electron chi connectivity index (χ0n) is 19.7. The minimum Gasteiger partial charge on any atom is -0.378 e. The van der Waals surface area contributed by atoms with E-state index < -0.39 is 10.0 Å². The molecule has 3 aromatic rings. The van der Waals surface area contributed by atoms with Gasteiger partial charge < -0.3 is 10.1 Å². The molecule has 1 aromatic heterocycles. The van der Waals surface area contributed by atoms with Gasteiger partial charge in [-0.2, -0.15) is 5.10 Å². The number of ether oxygens (including phenoxy) is 1. The molecule has 1 aliphatic heterocycles. The Morgan fingerprint density at radius 2 is 1.91 bits per heavy atom. The molecule has 0 spiro atoms. The number of nitrogens with zero attached hydrogens (tertiary/aromatic N) is 3. The van der Waals surface area contributed by atoms with Crippen LogP contribution in [0.4, 0.5) is 5.69 Å². The van der Waals surface area contributed by atoms with Gasteiger partial charge >= 0.3 is 0 Å². The lowest BCUT2D eigenvalue weighted by Gasteiger charge is -2.30. The van der Waals surface area contributed by atoms with E-state index in [1.165, 1.54) is 10.6 Å². The molecule has 8 nitrogen and oxygen atoms in total. The maximum absolute atomic E-state index is 12.9. The molecule has 1 saturated carbocycles. The Balaban J connectivity index is 1.68. The number of carbonyl (C=O) groups excluding carboxylic acids is 1. The van der Waals surface area contributed by atoms with Crippen molar-refractivity contribution in [1.82, 2.24) is 15.1 Å². The molecule has 1 amide bonds. The maximum atomic E-state index is 12.9. The molecule has 1 atom stereocenters. The fourth-order valence-electron chi connectivity index (χ4n) is 4.52. The third-order valence-electron chi connectivity index (χ3n) is 6.67. The zero-order valence-corrected chi connectivity index (χ0v) is 20.6. The summed E-state index contributed by atoms with van der Waals surface area (Å²) in [6, 6.07) is 11.6. The number of sulfonamides is 1. The summed E-state index contributed by atoms with van der Waals surface area (Å²) in [5.41, 5.74) is 4.54. The van der Waals surface area contributed by atoms with Crippen LogP contribution in [0.5, 0.6) is 0 Å². The van der Waals surface area contributed by atoms with Gasteiger partial charge in [0.15, 0.2) is 0 Å². The Labute approximate surface area is 199 Å². The van der Waals surface area contributed by atoms with Gasteiger partial charge in [0.25, 0.3) is 5.91 Å². The summed E-state index contributed by atoms with van der Waals surface area (Å²) in [5, 5.41) is 8.22. The summed E-state index contributed by atoms with van der Waals surface area (Å²) < 4.78 is 34.4. The maximum Gasteiger partial charge on any atom is 0.270 e. The van der Waals surface area contributed by atoms with Crippen LogP contribution in [0.2, 0.25) is 0 Å². The van der Waals surface area contributed by atoms with Crippen molar-refractivity contribution in [1.29, 1.82) is 0 Å². The Bertz CT molecular complexity index is 1340. The number of rotatable bonds is 8. The minimum atomic E-state index is -3.51.